The second-order valence-corrected chi connectivity index (χ2v) is 6.88. The van der Waals surface area contributed by atoms with Gasteiger partial charge in [-0.3, -0.25) is 4.79 Å². The Labute approximate surface area is 110 Å². The third-order valence-electron chi connectivity index (χ3n) is 3.12. The number of sulfone groups is 1. The molecular formula is C12H15FN2O3S. The van der Waals surface area contributed by atoms with Crippen molar-refractivity contribution in [3.8, 4) is 0 Å². The Bertz CT molecular complexity index is 601. The first-order valence-electron chi connectivity index (χ1n) is 5.97. The normalized spacial score (nSPS) is 21.8. The third-order valence-corrected chi connectivity index (χ3v) is 5.30. The van der Waals surface area contributed by atoms with Crippen LogP contribution in [0.2, 0.25) is 0 Å². The van der Waals surface area contributed by atoms with Gasteiger partial charge in [0.05, 0.1) is 11.4 Å². The van der Waals surface area contributed by atoms with Gasteiger partial charge in [-0.05, 0) is 31.0 Å². The van der Waals surface area contributed by atoms with Crippen LogP contribution in [0.5, 0.6) is 0 Å². The molecule has 1 atom stereocenters. The quantitative estimate of drug-likeness (QED) is 0.802. The van der Waals surface area contributed by atoms with Crippen molar-refractivity contribution in [2.24, 2.45) is 0 Å². The second-order valence-electron chi connectivity index (χ2n) is 4.58. The molecule has 0 saturated carbocycles. The highest BCUT2D eigenvalue weighted by Crippen LogP contribution is 2.22. The van der Waals surface area contributed by atoms with Crippen LogP contribution >= 0.6 is 0 Å². The number of amides is 1. The highest BCUT2D eigenvalue weighted by molar-refractivity contribution is 7.92. The molecule has 1 saturated heterocycles. The Kier molecular flexibility index (Phi) is 3.75. The number of rotatable bonds is 2. The maximum atomic E-state index is 13.5. The molecular weight excluding hydrogens is 271 g/mol. The average molecular weight is 286 g/mol. The molecule has 1 amide bonds. The molecule has 1 unspecified atom stereocenters. The molecule has 3 N–H and O–H groups in total. The number of nitrogen functional groups attached to an aromatic ring is 1. The van der Waals surface area contributed by atoms with E-state index in [1.54, 1.807) is 0 Å². The molecule has 19 heavy (non-hydrogen) atoms. The van der Waals surface area contributed by atoms with Crippen molar-refractivity contribution in [3.63, 3.8) is 0 Å². The summed E-state index contributed by atoms with van der Waals surface area (Å²) < 4.78 is 37.1. The molecule has 1 fully saturated rings. The number of nitrogens with two attached hydrogens (primary N) is 1. The Hall–Kier alpha value is -1.63. The molecule has 7 heteroatoms. The molecule has 0 bridgehead atoms. The first-order chi connectivity index (χ1) is 8.90. The molecule has 0 spiro atoms. The van der Waals surface area contributed by atoms with Crippen molar-refractivity contribution in [2.45, 2.75) is 24.5 Å². The van der Waals surface area contributed by atoms with Gasteiger partial charge in [-0.2, -0.15) is 0 Å². The van der Waals surface area contributed by atoms with Crippen LogP contribution < -0.4 is 11.1 Å². The number of benzene rings is 1. The predicted octanol–water partition coefficient (Wildman–Crippen LogP) is 1.31. The lowest BCUT2D eigenvalue weighted by molar-refractivity contribution is -0.116. The first-order valence-corrected chi connectivity index (χ1v) is 7.69. The summed E-state index contributed by atoms with van der Waals surface area (Å²) in [5, 5.41) is 1.23. The predicted molar refractivity (Wildman–Crippen MR) is 70.9 cm³/mol. The molecule has 2 rings (SSSR count). The van der Waals surface area contributed by atoms with Gasteiger partial charge in [-0.25, -0.2) is 12.8 Å². The molecule has 1 aromatic carbocycles. The number of hydrogen-bond acceptors (Lipinski definition) is 4. The fourth-order valence-corrected chi connectivity index (χ4v) is 3.90. The van der Waals surface area contributed by atoms with Gasteiger partial charge in [0.2, 0.25) is 5.91 Å². The molecule has 0 aliphatic carbocycles. The van der Waals surface area contributed by atoms with E-state index in [1.165, 1.54) is 12.1 Å². The number of halogens is 1. The van der Waals surface area contributed by atoms with E-state index in [0.717, 1.165) is 6.07 Å². The smallest absolute Gasteiger partial charge is 0.242 e. The van der Waals surface area contributed by atoms with Gasteiger partial charge in [0.15, 0.2) is 9.84 Å². The standard InChI is InChI=1S/C12H15FN2O3S/c13-9-7-8(14)4-5-10(9)15-12(16)11-3-1-2-6-19(11,17)18/h4-5,7,11H,1-3,6,14H2,(H,15,16). The maximum Gasteiger partial charge on any atom is 0.242 e. The van der Waals surface area contributed by atoms with Crippen LogP contribution in [0, 0.1) is 5.82 Å². The third kappa shape index (κ3) is 3.04. The minimum atomic E-state index is -3.42. The molecule has 104 valence electrons. The zero-order chi connectivity index (χ0) is 14.0. The number of hydrogen-bond donors (Lipinski definition) is 2. The van der Waals surface area contributed by atoms with Crippen LogP contribution in [0.15, 0.2) is 18.2 Å². The summed E-state index contributed by atoms with van der Waals surface area (Å²) in [6, 6.07) is 3.83. The molecule has 1 heterocycles. The summed E-state index contributed by atoms with van der Waals surface area (Å²) in [7, 11) is -3.42. The lowest BCUT2D eigenvalue weighted by Gasteiger charge is -2.21. The van der Waals surface area contributed by atoms with Crippen molar-refractivity contribution in [1.29, 1.82) is 0 Å². The molecule has 0 radical (unpaired) electrons. The van der Waals surface area contributed by atoms with Crippen molar-refractivity contribution in [2.75, 3.05) is 16.8 Å². The van der Waals surface area contributed by atoms with Crippen molar-refractivity contribution in [1.82, 2.24) is 0 Å². The van der Waals surface area contributed by atoms with Crippen LogP contribution in [0.25, 0.3) is 0 Å². The minimum Gasteiger partial charge on any atom is -0.399 e. The van der Waals surface area contributed by atoms with Crippen LogP contribution in [0.1, 0.15) is 19.3 Å². The van der Waals surface area contributed by atoms with E-state index in [2.05, 4.69) is 5.32 Å². The van der Waals surface area contributed by atoms with Crippen LogP contribution in [-0.4, -0.2) is 25.3 Å². The van der Waals surface area contributed by atoms with Crippen LogP contribution in [0.4, 0.5) is 15.8 Å². The Morgan fingerprint density at radius 2 is 2.11 bits per heavy atom. The Morgan fingerprint density at radius 1 is 1.37 bits per heavy atom. The van der Waals surface area contributed by atoms with Gasteiger partial charge in [0, 0.05) is 5.69 Å². The second kappa shape index (κ2) is 5.16. The molecule has 0 aromatic heterocycles. The SMILES string of the molecule is Nc1ccc(NC(=O)C2CCCCS2(=O)=O)c(F)c1. The minimum absolute atomic E-state index is 0.00923. The Balaban J connectivity index is 2.17. The van der Waals surface area contributed by atoms with Gasteiger partial charge in [-0.15, -0.1) is 0 Å². The van der Waals surface area contributed by atoms with Crippen LogP contribution in [-0.2, 0) is 14.6 Å². The van der Waals surface area contributed by atoms with E-state index >= 15 is 0 Å². The zero-order valence-electron chi connectivity index (χ0n) is 10.2. The topological polar surface area (TPSA) is 89.3 Å². The van der Waals surface area contributed by atoms with Crippen LogP contribution in [0.3, 0.4) is 0 Å². The van der Waals surface area contributed by atoms with E-state index < -0.39 is 26.8 Å². The maximum absolute atomic E-state index is 13.5. The van der Waals surface area contributed by atoms with E-state index in [1.807, 2.05) is 0 Å². The number of carbonyl (C=O) groups excluding carboxylic acids is 1. The van der Waals surface area contributed by atoms with Gasteiger partial charge in [0.25, 0.3) is 0 Å². The van der Waals surface area contributed by atoms with Gasteiger partial charge in [-0.1, -0.05) is 6.42 Å². The number of anilines is 2. The van der Waals surface area contributed by atoms with E-state index in [9.17, 15) is 17.6 Å². The number of carbonyl (C=O) groups is 1. The van der Waals surface area contributed by atoms with Crippen molar-refractivity contribution >= 4 is 27.1 Å². The fourth-order valence-electron chi connectivity index (χ4n) is 2.09. The number of nitrogens with one attached hydrogen (secondary N) is 1. The van der Waals surface area contributed by atoms with Gasteiger partial charge < -0.3 is 11.1 Å². The Morgan fingerprint density at radius 3 is 2.74 bits per heavy atom. The van der Waals surface area contributed by atoms with E-state index in [-0.39, 0.29) is 23.5 Å². The highest BCUT2D eigenvalue weighted by atomic mass is 32.2. The average Bonchev–Trinajstić information content (AvgIpc) is 2.32. The van der Waals surface area contributed by atoms with Gasteiger partial charge in [0.1, 0.15) is 11.1 Å². The van der Waals surface area contributed by atoms with E-state index in [0.29, 0.717) is 12.8 Å². The highest BCUT2D eigenvalue weighted by Gasteiger charge is 2.35. The summed E-state index contributed by atoms with van der Waals surface area (Å²) >= 11 is 0. The van der Waals surface area contributed by atoms with E-state index in [4.69, 9.17) is 5.73 Å². The van der Waals surface area contributed by atoms with Crippen molar-refractivity contribution in [3.05, 3.63) is 24.0 Å². The van der Waals surface area contributed by atoms with Gasteiger partial charge >= 0.3 is 0 Å². The summed E-state index contributed by atoms with van der Waals surface area (Å²) in [5.41, 5.74) is 5.58. The van der Waals surface area contributed by atoms with Crippen molar-refractivity contribution < 1.29 is 17.6 Å². The zero-order valence-corrected chi connectivity index (χ0v) is 11.0. The molecule has 1 aliphatic heterocycles. The summed E-state index contributed by atoms with van der Waals surface area (Å²) in [6.45, 7) is 0. The lowest BCUT2D eigenvalue weighted by Crippen LogP contribution is -2.39. The first kappa shape index (κ1) is 13.8. The molecule has 1 aliphatic rings. The monoisotopic (exact) mass is 286 g/mol. The fraction of sp³-hybridized carbons (Fsp3) is 0.417. The molecule has 1 aromatic rings. The molecule has 5 nitrogen and oxygen atoms in total. The summed E-state index contributed by atoms with van der Waals surface area (Å²) in [6.07, 6.45) is 1.54. The summed E-state index contributed by atoms with van der Waals surface area (Å²) in [5.74, 6) is -1.35. The lowest BCUT2D eigenvalue weighted by atomic mass is 10.1. The largest absolute Gasteiger partial charge is 0.399 e. The summed E-state index contributed by atoms with van der Waals surface area (Å²) in [4.78, 5) is 11.9.